The maximum Gasteiger partial charge on any atom is 0.329 e. The highest BCUT2D eigenvalue weighted by Gasteiger charge is 2.40. The quantitative estimate of drug-likeness (QED) is 0.676. The lowest BCUT2D eigenvalue weighted by molar-refractivity contribution is -0.145. The van der Waals surface area contributed by atoms with E-state index in [9.17, 15) is 19.5 Å². The van der Waals surface area contributed by atoms with Crippen molar-refractivity contribution in [1.29, 1.82) is 0 Å². The molecular formula is C19H25ClN2O4. The molecule has 0 atom stereocenters. The molecule has 1 aliphatic carbocycles. The first-order chi connectivity index (χ1) is 12.2. The molecule has 1 fully saturated rings. The third-order valence-corrected chi connectivity index (χ3v) is 5.05. The number of hydrogen-bond donors (Lipinski definition) is 3. The topological polar surface area (TPSA) is 95.5 Å². The van der Waals surface area contributed by atoms with Crippen LogP contribution in [0.2, 0.25) is 5.02 Å². The van der Waals surface area contributed by atoms with Gasteiger partial charge < -0.3 is 15.7 Å². The van der Waals surface area contributed by atoms with Gasteiger partial charge in [-0.2, -0.15) is 0 Å². The minimum atomic E-state index is -1.27. The van der Waals surface area contributed by atoms with E-state index in [1.165, 1.54) is 12.1 Å². The molecule has 2 rings (SSSR count). The van der Waals surface area contributed by atoms with Gasteiger partial charge >= 0.3 is 5.97 Å². The van der Waals surface area contributed by atoms with Gasteiger partial charge in [0.1, 0.15) is 5.54 Å². The summed E-state index contributed by atoms with van der Waals surface area (Å²) in [6.45, 7) is 3.53. The van der Waals surface area contributed by atoms with E-state index in [1.54, 1.807) is 19.9 Å². The lowest BCUT2D eigenvalue weighted by Crippen LogP contribution is -2.54. The molecule has 0 saturated heterocycles. The van der Waals surface area contributed by atoms with Crippen molar-refractivity contribution in [2.75, 3.05) is 5.32 Å². The molecule has 7 heteroatoms. The van der Waals surface area contributed by atoms with E-state index in [2.05, 4.69) is 10.6 Å². The van der Waals surface area contributed by atoms with Crippen LogP contribution in [0.25, 0.3) is 0 Å². The van der Waals surface area contributed by atoms with Gasteiger partial charge in [0, 0.05) is 11.6 Å². The van der Waals surface area contributed by atoms with Crippen LogP contribution in [0.1, 0.15) is 62.7 Å². The van der Waals surface area contributed by atoms with Crippen molar-refractivity contribution in [3.05, 3.63) is 28.8 Å². The molecule has 2 amide bonds. The maximum atomic E-state index is 12.8. The summed E-state index contributed by atoms with van der Waals surface area (Å²) in [7, 11) is 0. The molecule has 0 aromatic heterocycles. The zero-order chi connectivity index (χ0) is 19.3. The highest BCUT2D eigenvalue weighted by Crippen LogP contribution is 2.29. The van der Waals surface area contributed by atoms with Gasteiger partial charge in [-0.15, -0.1) is 0 Å². The molecule has 1 aliphatic rings. The predicted octanol–water partition coefficient (Wildman–Crippen LogP) is 3.84. The average molecular weight is 381 g/mol. The Morgan fingerprint density at radius 2 is 1.73 bits per heavy atom. The number of amides is 2. The summed E-state index contributed by atoms with van der Waals surface area (Å²) in [4.78, 5) is 36.5. The third-order valence-electron chi connectivity index (χ3n) is 4.72. The fourth-order valence-corrected chi connectivity index (χ4v) is 3.28. The summed E-state index contributed by atoms with van der Waals surface area (Å²) in [5.41, 5.74) is -0.671. The number of carbonyl (C=O) groups excluding carboxylic acids is 2. The fraction of sp³-hybridized carbons (Fsp3) is 0.526. The molecular weight excluding hydrogens is 356 g/mol. The number of benzene rings is 1. The molecule has 1 saturated carbocycles. The van der Waals surface area contributed by atoms with Gasteiger partial charge in [-0.05, 0) is 31.0 Å². The van der Waals surface area contributed by atoms with Crippen molar-refractivity contribution in [2.24, 2.45) is 5.92 Å². The Morgan fingerprint density at radius 3 is 2.27 bits per heavy atom. The Morgan fingerprint density at radius 1 is 1.12 bits per heavy atom. The van der Waals surface area contributed by atoms with E-state index < -0.39 is 17.4 Å². The summed E-state index contributed by atoms with van der Waals surface area (Å²) in [6, 6.07) is 4.61. The second-order valence-electron chi connectivity index (χ2n) is 7.09. The number of hydrogen-bond acceptors (Lipinski definition) is 3. The van der Waals surface area contributed by atoms with Crippen LogP contribution in [-0.2, 0) is 9.59 Å². The summed E-state index contributed by atoms with van der Waals surface area (Å²) in [6.07, 6.45) is 4.23. The number of nitrogens with one attached hydrogen (secondary N) is 2. The summed E-state index contributed by atoms with van der Waals surface area (Å²) in [5.74, 6) is -1.94. The van der Waals surface area contributed by atoms with Crippen LogP contribution in [0.15, 0.2) is 18.2 Å². The zero-order valence-electron chi connectivity index (χ0n) is 15.1. The third kappa shape index (κ3) is 4.75. The van der Waals surface area contributed by atoms with Crippen LogP contribution in [0.5, 0.6) is 0 Å². The number of rotatable bonds is 5. The summed E-state index contributed by atoms with van der Waals surface area (Å²) < 4.78 is 0. The molecule has 0 radical (unpaired) electrons. The second-order valence-corrected chi connectivity index (χ2v) is 7.50. The largest absolute Gasteiger partial charge is 0.480 e. The van der Waals surface area contributed by atoms with Crippen molar-refractivity contribution < 1.29 is 19.5 Å². The lowest BCUT2D eigenvalue weighted by Gasteiger charge is -2.29. The van der Waals surface area contributed by atoms with E-state index in [-0.39, 0.29) is 22.4 Å². The van der Waals surface area contributed by atoms with Gasteiger partial charge in [0.05, 0.1) is 10.6 Å². The maximum absolute atomic E-state index is 12.8. The van der Waals surface area contributed by atoms with Gasteiger partial charge in [-0.3, -0.25) is 9.59 Å². The lowest BCUT2D eigenvalue weighted by atomic mass is 9.89. The van der Waals surface area contributed by atoms with E-state index >= 15 is 0 Å². The van der Waals surface area contributed by atoms with Gasteiger partial charge in [0.25, 0.3) is 5.91 Å². The molecule has 26 heavy (non-hydrogen) atoms. The van der Waals surface area contributed by atoms with E-state index in [1.807, 2.05) is 0 Å². The van der Waals surface area contributed by atoms with E-state index in [0.717, 1.165) is 25.7 Å². The molecule has 0 bridgehead atoms. The minimum absolute atomic E-state index is 0.151. The molecule has 0 unspecified atom stereocenters. The minimum Gasteiger partial charge on any atom is -0.480 e. The first kappa shape index (κ1) is 20.2. The van der Waals surface area contributed by atoms with Crippen LogP contribution in [0.4, 0.5) is 5.69 Å². The average Bonchev–Trinajstić information content (AvgIpc) is 2.82. The first-order valence-electron chi connectivity index (χ1n) is 8.91. The van der Waals surface area contributed by atoms with E-state index in [4.69, 9.17) is 11.6 Å². The van der Waals surface area contributed by atoms with Crippen molar-refractivity contribution in [2.45, 2.75) is 57.9 Å². The standard InChI is InChI=1S/C19H25ClN2O4/c1-12(2)16(23)21-13-7-8-15(20)14(11-13)17(24)22-19(18(25)26)9-5-3-4-6-10-19/h7-8,11-12H,3-6,9-10H2,1-2H3,(H,21,23)(H,22,24)(H,25,26). The predicted molar refractivity (Wildman–Crippen MR) is 100 cm³/mol. The smallest absolute Gasteiger partial charge is 0.329 e. The van der Waals surface area contributed by atoms with Crippen molar-refractivity contribution >= 4 is 35.1 Å². The van der Waals surface area contributed by atoms with Crippen LogP contribution < -0.4 is 10.6 Å². The Balaban J connectivity index is 2.24. The normalized spacial score (nSPS) is 16.6. The number of anilines is 1. The molecule has 142 valence electrons. The van der Waals surface area contributed by atoms with Crippen LogP contribution >= 0.6 is 11.6 Å². The highest BCUT2D eigenvalue weighted by molar-refractivity contribution is 6.34. The van der Waals surface area contributed by atoms with Crippen molar-refractivity contribution in [3.63, 3.8) is 0 Å². The Hall–Kier alpha value is -2.08. The molecule has 1 aromatic carbocycles. The molecule has 0 spiro atoms. The molecule has 6 nitrogen and oxygen atoms in total. The van der Waals surface area contributed by atoms with Gasteiger partial charge in [-0.1, -0.05) is 51.1 Å². The Kier molecular flexibility index (Phi) is 6.64. The van der Waals surface area contributed by atoms with Crippen molar-refractivity contribution in [3.8, 4) is 0 Å². The molecule has 3 N–H and O–H groups in total. The van der Waals surface area contributed by atoms with Gasteiger partial charge in [0.2, 0.25) is 5.91 Å². The number of carboxylic acids is 1. The summed E-state index contributed by atoms with van der Waals surface area (Å²) in [5, 5.41) is 15.3. The highest BCUT2D eigenvalue weighted by atomic mass is 35.5. The number of aliphatic carboxylic acids is 1. The second kappa shape index (κ2) is 8.54. The zero-order valence-corrected chi connectivity index (χ0v) is 15.9. The van der Waals surface area contributed by atoms with Gasteiger partial charge in [-0.25, -0.2) is 4.79 Å². The van der Waals surface area contributed by atoms with Crippen LogP contribution in [-0.4, -0.2) is 28.4 Å². The van der Waals surface area contributed by atoms with E-state index in [0.29, 0.717) is 18.5 Å². The SMILES string of the molecule is CC(C)C(=O)Nc1ccc(Cl)c(C(=O)NC2(C(=O)O)CCCCCC2)c1. The number of carboxylic acid groups (broad SMARTS) is 1. The Labute approximate surface area is 158 Å². The van der Waals surface area contributed by atoms with Crippen LogP contribution in [0.3, 0.4) is 0 Å². The number of halogens is 1. The first-order valence-corrected chi connectivity index (χ1v) is 9.29. The Bertz CT molecular complexity index is 695. The number of carbonyl (C=O) groups is 3. The summed E-state index contributed by atoms with van der Waals surface area (Å²) >= 11 is 6.14. The molecule has 1 aromatic rings. The molecule has 0 aliphatic heterocycles. The van der Waals surface area contributed by atoms with Gasteiger partial charge in [0.15, 0.2) is 0 Å². The molecule has 0 heterocycles. The van der Waals surface area contributed by atoms with Crippen molar-refractivity contribution in [1.82, 2.24) is 5.32 Å². The fourth-order valence-electron chi connectivity index (χ4n) is 3.07. The monoisotopic (exact) mass is 380 g/mol. The van der Waals surface area contributed by atoms with Crippen LogP contribution in [0, 0.1) is 5.92 Å².